The molecule has 0 aromatic heterocycles. The minimum absolute atomic E-state index is 0.0972. The minimum atomic E-state index is -4.39. The van der Waals surface area contributed by atoms with Crippen molar-refractivity contribution in [3.05, 3.63) is 0 Å². The Labute approximate surface area is 100 Å². The number of unbranched alkanes of at least 4 members (excludes halogenated alkanes) is 1. The van der Waals surface area contributed by atoms with Gasteiger partial charge in [0.25, 0.3) is 20.2 Å². The third-order valence-electron chi connectivity index (χ3n) is 1.80. The summed E-state index contributed by atoms with van der Waals surface area (Å²) >= 11 is 0. The Balaban J connectivity index is 3.92. The molecule has 0 aromatic carbocycles. The summed E-state index contributed by atoms with van der Waals surface area (Å²) in [5.41, 5.74) is -1.52. The van der Waals surface area contributed by atoms with Gasteiger partial charge in [0.05, 0.1) is 5.75 Å². The van der Waals surface area contributed by atoms with E-state index in [1.165, 1.54) is 0 Å². The standard InChI is InChI=1S/C7H16O8S2/c8-4-3-7(17(12,13)14)15-5-1-2-6-16(9,10)11/h7-8H,1-6H2,(H,9,10,11)(H,12,13,14). The molecule has 0 heterocycles. The van der Waals surface area contributed by atoms with Crippen LogP contribution in [0.15, 0.2) is 0 Å². The van der Waals surface area contributed by atoms with E-state index < -0.39 is 38.0 Å². The fourth-order valence-electron chi connectivity index (χ4n) is 1.02. The molecule has 0 fully saturated rings. The number of ether oxygens (including phenoxy) is 1. The van der Waals surface area contributed by atoms with Crippen LogP contribution in [0.2, 0.25) is 0 Å². The van der Waals surface area contributed by atoms with Crippen LogP contribution in [0.25, 0.3) is 0 Å². The van der Waals surface area contributed by atoms with Gasteiger partial charge in [0, 0.05) is 19.6 Å². The summed E-state index contributed by atoms with van der Waals surface area (Å²) in [5.74, 6) is -0.438. The predicted octanol–water partition coefficient (Wildman–Crippen LogP) is -0.733. The highest BCUT2D eigenvalue weighted by atomic mass is 32.2. The van der Waals surface area contributed by atoms with Crippen molar-refractivity contribution in [1.82, 2.24) is 0 Å². The van der Waals surface area contributed by atoms with Gasteiger partial charge < -0.3 is 9.84 Å². The maximum atomic E-state index is 10.7. The molecule has 0 bridgehead atoms. The van der Waals surface area contributed by atoms with E-state index in [0.717, 1.165) is 0 Å². The van der Waals surface area contributed by atoms with Gasteiger partial charge in [-0.2, -0.15) is 16.8 Å². The molecule has 0 aliphatic carbocycles. The number of rotatable bonds is 9. The smallest absolute Gasteiger partial charge is 0.292 e. The maximum absolute atomic E-state index is 10.7. The van der Waals surface area contributed by atoms with Crippen LogP contribution in [0.5, 0.6) is 0 Å². The molecule has 0 rings (SSSR count). The van der Waals surface area contributed by atoms with Gasteiger partial charge in [-0.15, -0.1) is 0 Å². The van der Waals surface area contributed by atoms with Crippen molar-refractivity contribution in [2.45, 2.75) is 24.7 Å². The zero-order valence-electron chi connectivity index (χ0n) is 9.02. The van der Waals surface area contributed by atoms with Crippen LogP contribution in [0.3, 0.4) is 0 Å². The second kappa shape index (κ2) is 7.24. The average Bonchev–Trinajstić information content (AvgIpc) is 2.12. The van der Waals surface area contributed by atoms with Gasteiger partial charge in [0.1, 0.15) is 0 Å². The Morgan fingerprint density at radius 1 is 1.06 bits per heavy atom. The summed E-state index contributed by atoms with van der Waals surface area (Å²) in [6.45, 7) is -0.560. The number of hydrogen-bond donors (Lipinski definition) is 3. The van der Waals surface area contributed by atoms with Crippen molar-refractivity contribution in [2.24, 2.45) is 0 Å². The van der Waals surface area contributed by atoms with E-state index in [1.807, 2.05) is 0 Å². The summed E-state index contributed by atoms with van der Waals surface area (Å²) in [7, 11) is -8.42. The Bertz CT molecular complexity index is 398. The number of aliphatic hydroxyl groups excluding tert-OH is 1. The second-order valence-electron chi connectivity index (χ2n) is 3.32. The molecule has 10 heteroatoms. The van der Waals surface area contributed by atoms with Gasteiger partial charge >= 0.3 is 0 Å². The van der Waals surface area contributed by atoms with Crippen molar-refractivity contribution in [1.29, 1.82) is 0 Å². The summed E-state index contributed by atoms with van der Waals surface area (Å²) in [4.78, 5) is 0. The van der Waals surface area contributed by atoms with E-state index in [2.05, 4.69) is 0 Å². The molecular formula is C7H16O8S2. The molecule has 3 N–H and O–H groups in total. The van der Waals surface area contributed by atoms with Crippen LogP contribution in [0.4, 0.5) is 0 Å². The molecule has 0 aliphatic heterocycles. The van der Waals surface area contributed by atoms with E-state index in [4.69, 9.17) is 18.9 Å². The Morgan fingerprint density at radius 3 is 2.06 bits per heavy atom. The lowest BCUT2D eigenvalue weighted by atomic mass is 10.3. The summed E-state index contributed by atoms with van der Waals surface area (Å²) in [6.07, 6.45) is 0.0462. The van der Waals surface area contributed by atoms with Crippen molar-refractivity contribution in [3.63, 3.8) is 0 Å². The van der Waals surface area contributed by atoms with E-state index in [-0.39, 0.29) is 25.9 Å². The highest BCUT2D eigenvalue weighted by Crippen LogP contribution is 2.07. The largest absolute Gasteiger partial charge is 0.396 e. The van der Waals surface area contributed by atoms with Crippen molar-refractivity contribution < 1.29 is 35.8 Å². The molecule has 0 saturated carbocycles. The summed E-state index contributed by atoms with van der Waals surface area (Å²) in [6, 6.07) is 0. The predicted molar refractivity (Wildman–Crippen MR) is 58.6 cm³/mol. The van der Waals surface area contributed by atoms with Crippen LogP contribution in [0.1, 0.15) is 19.3 Å². The van der Waals surface area contributed by atoms with Crippen molar-refractivity contribution in [2.75, 3.05) is 19.0 Å². The lowest BCUT2D eigenvalue weighted by Gasteiger charge is -2.13. The molecule has 0 saturated heterocycles. The lowest BCUT2D eigenvalue weighted by molar-refractivity contribution is 0.0778. The van der Waals surface area contributed by atoms with E-state index in [0.29, 0.717) is 0 Å². The van der Waals surface area contributed by atoms with Gasteiger partial charge in [-0.1, -0.05) is 0 Å². The Hall–Kier alpha value is -0.260. The monoisotopic (exact) mass is 292 g/mol. The van der Waals surface area contributed by atoms with Gasteiger partial charge in [-0.3, -0.25) is 9.11 Å². The summed E-state index contributed by atoms with van der Waals surface area (Å²) < 4.78 is 64.0. The molecule has 8 nitrogen and oxygen atoms in total. The third kappa shape index (κ3) is 9.44. The molecule has 1 atom stereocenters. The number of hydrogen-bond acceptors (Lipinski definition) is 6. The topological polar surface area (TPSA) is 138 Å². The van der Waals surface area contributed by atoms with Crippen LogP contribution >= 0.6 is 0 Å². The van der Waals surface area contributed by atoms with Gasteiger partial charge in [-0.05, 0) is 12.8 Å². The molecular weight excluding hydrogens is 276 g/mol. The molecule has 0 radical (unpaired) electrons. The van der Waals surface area contributed by atoms with Gasteiger partial charge in [0.2, 0.25) is 0 Å². The fraction of sp³-hybridized carbons (Fsp3) is 1.00. The Kier molecular flexibility index (Phi) is 7.13. The van der Waals surface area contributed by atoms with E-state index in [1.54, 1.807) is 0 Å². The molecule has 104 valence electrons. The summed E-state index contributed by atoms with van der Waals surface area (Å²) in [5, 5.41) is 8.54. The normalized spacial score (nSPS) is 14.8. The highest BCUT2D eigenvalue weighted by Gasteiger charge is 2.22. The molecule has 17 heavy (non-hydrogen) atoms. The first-order valence-corrected chi connectivity index (χ1v) is 7.92. The van der Waals surface area contributed by atoms with Crippen LogP contribution in [-0.4, -0.2) is 55.5 Å². The first-order valence-electron chi connectivity index (χ1n) is 4.81. The quantitative estimate of drug-likeness (QED) is 0.373. The van der Waals surface area contributed by atoms with Crippen LogP contribution in [0, 0.1) is 0 Å². The third-order valence-corrected chi connectivity index (χ3v) is 3.64. The van der Waals surface area contributed by atoms with Crippen LogP contribution in [-0.2, 0) is 25.0 Å². The lowest BCUT2D eigenvalue weighted by Crippen LogP contribution is -2.25. The molecule has 0 aliphatic rings. The highest BCUT2D eigenvalue weighted by molar-refractivity contribution is 7.86. The zero-order chi connectivity index (χ0) is 13.5. The van der Waals surface area contributed by atoms with Crippen LogP contribution < -0.4 is 0 Å². The van der Waals surface area contributed by atoms with Crippen molar-refractivity contribution >= 4 is 20.2 Å². The fourth-order valence-corrected chi connectivity index (χ4v) is 2.27. The average molecular weight is 292 g/mol. The maximum Gasteiger partial charge on any atom is 0.292 e. The van der Waals surface area contributed by atoms with Gasteiger partial charge in [0.15, 0.2) is 5.44 Å². The zero-order valence-corrected chi connectivity index (χ0v) is 10.7. The SMILES string of the molecule is O=S(=O)(O)CCCCOC(CCO)S(=O)(=O)O. The molecule has 0 spiro atoms. The van der Waals surface area contributed by atoms with Gasteiger partial charge in [-0.25, -0.2) is 0 Å². The first-order chi connectivity index (χ1) is 7.67. The first kappa shape index (κ1) is 16.7. The Morgan fingerprint density at radius 2 is 1.65 bits per heavy atom. The second-order valence-corrected chi connectivity index (χ2v) is 6.45. The molecule has 0 amide bonds. The van der Waals surface area contributed by atoms with Crippen molar-refractivity contribution in [3.8, 4) is 0 Å². The minimum Gasteiger partial charge on any atom is -0.396 e. The van der Waals surface area contributed by atoms with E-state index >= 15 is 0 Å². The number of aliphatic hydroxyl groups is 1. The van der Waals surface area contributed by atoms with E-state index in [9.17, 15) is 16.8 Å². The molecule has 0 aromatic rings. The molecule has 1 unspecified atom stereocenters.